The highest BCUT2D eigenvalue weighted by molar-refractivity contribution is 5.97. The molecular formula is C14H19F2N3O2. The number of amidine groups is 1. The lowest BCUT2D eigenvalue weighted by atomic mass is 9.98. The molecule has 1 aliphatic heterocycles. The van der Waals surface area contributed by atoms with Crippen LogP contribution in [0.5, 0.6) is 0 Å². The summed E-state index contributed by atoms with van der Waals surface area (Å²) < 4.78 is 33.5. The summed E-state index contributed by atoms with van der Waals surface area (Å²) in [4.78, 5) is 1.69. The Bertz CT molecular complexity index is 512. The van der Waals surface area contributed by atoms with Crippen LogP contribution >= 0.6 is 0 Å². The van der Waals surface area contributed by atoms with E-state index in [2.05, 4.69) is 5.16 Å². The lowest BCUT2D eigenvalue weighted by molar-refractivity contribution is 0.143. The molecule has 0 saturated carbocycles. The molecule has 1 saturated heterocycles. The van der Waals surface area contributed by atoms with Crippen molar-refractivity contribution in [1.82, 2.24) is 0 Å². The van der Waals surface area contributed by atoms with Crippen LogP contribution in [-0.4, -0.2) is 37.8 Å². The molecule has 2 rings (SSSR count). The van der Waals surface area contributed by atoms with Crippen molar-refractivity contribution in [3.63, 3.8) is 0 Å². The molecular weight excluding hydrogens is 280 g/mol. The van der Waals surface area contributed by atoms with Gasteiger partial charge in [-0.25, -0.2) is 8.78 Å². The molecule has 0 radical (unpaired) electrons. The number of methoxy groups -OCH3 is 1. The summed E-state index contributed by atoms with van der Waals surface area (Å²) in [5.74, 6) is -1.49. The average molecular weight is 299 g/mol. The molecule has 0 aliphatic carbocycles. The Hall–Kier alpha value is -1.89. The Morgan fingerprint density at radius 2 is 2.14 bits per heavy atom. The molecule has 1 fully saturated rings. The molecule has 1 aliphatic rings. The second-order valence-electron chi connectivity index (χ2n) is 5.18. The fourth-order valence-electron chi connectivity index (χ4n) is 2.71. The van der Waals surface area contributed by atoms with Gasteiger partial charge in [-0.3, -0.25) is 0 Å². The van der Waals surface area contributed by atoms with Crippen molar-refractivity contribution in [1.29, 1.82) is 0 Å². The van der Waals surface area contributed by atoms with Gasteiger partial charge in [0.05, 0.1) is 6.61 Å². The van der Waals surface area contributed by atoms with Crippen LogP contribution in [0.15, 0.2) is 17.3 Å². The van der Waals surface area contributed by atoms with Gasteiger partial charge in [-0.05, 0) is 30.9 Å². The van der Waals surface area contributed by atoms with Gasteiger partial charge in [-0.2, -0.15) is 0 Å². The van der Waals surface area contributed by atoms with Gasteiger partial charge in [0.1, 0.15) is 17.3 Å². The molecule has 1 aromatic rings. The van der Waals surface area contributed by atoms with Crippen LogP contribution in [0.25, 0.3) is 0 Å². The number of anilines is 1. The van der Waals surface area contributed by atoms with Gasteiger partial charge in [0.15, 0.2) is 5.84 Å². The highest BCUT2D eigenvalue weighted by Gasteiger charge is 2.25. The van der Waals surface area contributed by atoms with E-state index >= 15 is 0 Å². The molecule has 0 aromatic heterocycles. The van der Waals surface area contributed by atoms with E-state index in [0.717, 1.165) is 25.0 Å². The molecule has 7 heteroatoms. The molecule has 3 N–H and O–H groups in total. The number of hydrogen-bond donors (Lipinski definition) is 2. The van der Waals surface area contributed by atoms with E-state index in [9.17, 15) is 8.78 Å². The minimum Gasteiger partial charge on any atom is -0.409 e. The normalized spacial score (nSPS) is 19.9. The fourth-order valence-corrected chi connectivity index (χ4v) is 2.71. The van der Waals surface area contributed by atoms with E-state index in [1.54, 1.807) is 12.0 Å². The number of benzene rings is 1. The van der Waals surface area contributed by atoms with Crippen molar-refractivity contribution in [2.45, 2.75) is 12.8 Å². The lowest BCUT2D eigenvalue weighted by Crippen LogP contribution is -2.38. The largest absolute Gasteiger partial charge is 0.409 e. The maximum Gasteiger partial charge on any atom is 0.170 e. The minimum absolute atomic E-state index is 0.0155. The zero-order valence-corrected chi connectivity index (χ0v) is 11.9. The van der Waals surface area contributed by atoms with Crippen LogP contribution in [0.1, 0.15) is 18.4 Å². The summed E-state index contributed by atoms with van der Waals surface area (Å²) in [5, 5.41) is 11.3. The molecule has 1 unspecified atom stereocenters. The summed E-state index contributed by atoms with van der Waals surface area (Å²) in [6.45, 7) is 1.71. The fraction of sp³-hybridized carbons (Fsp3) is 0.500. The Kier molecular flexibility index (Phi) is 4.95. The van der Waals surface area contributed by atoms with Crippen molar-refractivity contribution in [2.24, 2.45) is 16.8 Å². The Labute approximate surface area is 122 Å². The smallest absolute Gasteiger partial charge is 0.170 e. The molecule has 1 heterocycles. The molecule has 1 atom stereocenters. The van der Waals surface area contributed by atoms with Gasteiger partial charge >= 0.3 is 0 Å². The highest BCUT2D eigenvalue weighted by Crippen LogP contribution is 2.29. The first kappa shape index (κ1) is 15.5. The third-order valence-electron chi connectivity index (χ3n) is 3.66. The van der Waals surface area contributed by atoms with Gasteiger partial charge in [-0.1, -0.05) is 5.16 Å². The molecule has 116 valence electrons. The Balaban J connectivity index is 2.27. The van der Waals surface area contributed by atoms with E-state index < -0.39 is 11.6 Å². The van der Waals surface area contributed by atoms with Crippen LogP contribution in [0.2, 0.25) is 0 Å². The number of rotatable bonds is 4. The number of piperidine rings is 1. The van der Waals surface area contributed by atoms with E-state index in [1.165, 1.54) is 0 Å². The lowest BCUT2D eigenvalue weighted by Gasteiger charge is -2.34. The van der Waals surface area contributed by atoms with Gasteiger partial charge in [0, 0.05) is 25.8 Å². The Morgan fingerprint density at radius 3 is 2.71 bits per heavy atom. The predicted octanol–water partition coefficient (Wildman–Crippen LogP) is 1.92. The molecule has 0 amide bonds. The van der Waals surface area contributed by atoms with Crippen LogP contribution in [0.3, 0.4) is 0 Å². The molecule has 5 nitrogen and oxygen atoms in total. The van der Waals surface area contributed by atoms with E-state index in [0.29, 0.717) is 19.7 Å². The van der Waals surface area contributed by atoms with Gasteiger partial charge in [0.2, 0.25) is 0 Å². The number of nitrogens with zero attached hydrogens (tertiary/aromatic N) is 2. The average Bonchev–Trinajstić information content (AvgIpc) is 2.46. The zero-order chi connectivity index (χ0) is 15.4. The topological polar surface area (TPSA) is 71.1 Å². The van der Waals surface area contributed by atoms with Crippen molar-refractivity contribution >= 4 is 11.5 Å². The number of ether oxygens (including phenoxy) is 1. The SMILES string of the molecule is COCC1CCCN(c2c(F)cc(C(N)=NO)cc2F)C1. The quantitative estimate of drug-likeness (QED) is 0.386. The molecule has 0 bridgehead atoms. The first-order valence-corrected chi connectivity index (χ1v) is 6.77. The zero-order valence-electron chi connectivity index (χ0n) is 11.9. The van der Waals surface area contributed by atoms with Crippen molar-refractivity contribution in [3.8, 4) is 0 Å². The standard InChI is InChI=1S/C14H19F2N3O2/c1-21-8-9-3-2-4-19(7-9)13-11(15)5-10(6-12(13)16)14(17)18-20/h5-6,9,20H,2-4,7-8H2,1H3,(H2,17,18). The van der Waals surface area contributed by atoms with Crippen molar-refractivity contribution < 1.29 is 18.7 Å². The van der Waals surface area contributed by atoms with Gasteiger partial charge in [0.25, 0.3) is 0 Å². The highest BCUT2D eigenvalue weighted by atomic mass is 19.1. The number of nitrogens with two attached hydrogens (primary N) is 1. The van der Waals surface area contributed by atoms with E-state index in [4.69, 9.17) is 15.7 Å². The monoisotopic (exact) mass is 299 g/mol. The molecule has 21 heavy (non-hydrogen) atoms. The summed E-state index contributed by atoms with van der Waals surface area (Å²) in [6.07, 6.45) is 1.84. The van der Waals surface area contributed by atoms with Crippen LogP contribution in [-0.2, 0) is 4.74 Å². The maximum absolute atomic E-state index is 14.2. The van der Waals surface area contributed by atoms with Gasteiger partial charge in [-0.15, -0.1) is 0 Å². The summed E-state index contributed by atoms with van der Waals surface area (Å²) in [5.41, 5.74) is 5.31. The van der Waals surface area contributed by atoms with Crippen molar-refractivity contribution in [3.05, 3.63) is 29.3 Å². The number of hydrogen-bond acceptors (Lipinski definition) is 4. The third-order valence-corrected chi connectivity index (χ3v) is 3.66. The van der Waals surface area contributed by atoms with E-state index in [1.807, 2.05) is 0 Å². The number of oxime groups is 1. The molecule has 0 spiro atoms. The van der Waals surface area contributed by atoms with Crippen molar-refractivity contribution in [2.75, 3.05) is 31.7 Å². The third kappa shape index (κ3) is 3.41. The predicted molar refractivity (Wildman–Crippen MR) is 75.7 cm³/mol. The summed E-state index contributed by atoms with van der Waals surface area (Å²) in [7, 11) is 1.62. The minimum atomic E-state index is -0.713. The van der Waals surface area contributed by atoms with E-state index in [-0.39, 0.29) is 23.0 Å². The maximum atomic E-state index is 14.2. The molecule has 1 aromatic carbocycles. The van der Waals surface area contributed by atoms with Crippen LogP contribution in [0, 0.1) is 17.6 Å². The second-order valence-corrected chi connectivity index (χ2v) is 5.18. The first-order chi connectivity index (χ1) is 10.1. The summed E-state index contributed by atoms with van der Waals surface area (Å²) >= 11 is 0. The van der Waals surface area contributed by atoms with Crippen LogP contribution < -0.4 is 10.6 Å². The first-order valence-electron chi connectivity index (χ1n) is 6.77. The second kappa shape index (κ2) is 6.71. The summed E-state index contributed by atoms with van der Waals surface area (Å²) in [6, 6.07) is 2.15. The van der Waals surface area contributed by atoms with Gasteiger partial charge < -0.3 is 20.6 Å². The van der Waals surface area contributed by atoms with Crippen LogP contribution in [0.4, 0.5) is 14.5 Å². The Morgan fingerprint density at radius 1 is 1.48 bits per heavy atom. The number of halogens is 2.